The van der Waals surface area contributed by atoms with Crippen LogP contribution in [0.4, 0.5) is 29.7 Å². The van der Waals surface area contributed by atoms with Crippen LogP contribution in [-0.4, -0.2) is 48.8 Å². The Labute approximate surface area is 167 Å². The van der Waals surface area contributed by atoms with Gasteiger partial charge in [0, 0.05) is 31.2 Å². The Morgan fingerprint density at radius 2 is 1.86 bits per heavy atom. The highest BCUT2D eigenvalue weighted by Crippen LogP contribution is 2.33. The predicted octanol–water partition coefficient (Wildman–Crippen LogP) is 2.51. The second-order valence-corrected chi connectivity index (χ2v) is 8.16. The monoisotopic (exact) mass is 410 g/mol. The second kappa shape index (κ2) is 7.49. The third kappa shape index (κ3) is 4.41. The average molecular weight is 410 g/mol. The Bertz CT molecular complexity index is 832. The van der Waals surface area contributed by atoms with E-state index in [2.05, 4.69) is 5.32 Å². The molecule has 2 aliphatic heterocycles. The maximum Gasteiger partial charge on any atom is 0.408 e. The third-order valence-corrected chi connectivity index (χ3v) is 4.83. The molecule has 0 spiro atoms. The molecule has 158 valence electrons. The smallest absolute Gasteiger partial charge is 0.408 e. The van der Waals surface area contributed by atoms with Gasteiger partial charge in [-0.3, -0.25) is 15.0 Å². The minimum Gasteiger partial charge on any atom is -0.444 e. The van der Waals surface area contributed by atoms with Crippen molar-refractivity contribution in [2.24, 2.45) is 0 Å². The molecule has 29 heavy (non-hydrogen) atoms. The van der Waals surface area contributed by atoms with Crippen molar-refractivity contribution in [3.8, 4) is 0 Å². The van der Waals surface area contributed by atoms with Crippen LogP contribution in [-0.2, 0) is 9.53 Å². The molecule has 2 aliphatic rings. The second-order valence-electron chi connectivity index (χ2n) is 8.16. The molecule has 2 atom stereocenters. The van der Waals surface area contributed by atoms with E-state index in [1.807, 2.05) is 12.2 Å². The van der Waals surface area contributed by atoms with Gasteiger partial charge in [-0.05, 0) is 39.8 Å². The third-order valence-electron chi connectivity index (χ3n) is 4.83. The van der Waals surface area contributed by atoms with Gasteiger partial charge in [0.1, 0.15) is 11.3 Å². The van der Waals surface area contributed by atoms with Crippen molar-refractivity contribution in [3.05, 3.63) is 23.8 Å². The highest BCUT2D eigenvalue weighted by Gasteiger charge is 2.38. The fourth-order valence-electron chi connectivity index (χ4n) is 3.33. The van der Waals surface area contributed by atoms with Crippen LogP contribution in [0.3, 0.4) is 0 Å². The van der Waals surface area contributed by atoms with Crippen molar-refractivity contribution < 1.29 is 27.9 Å². The van der Waals surface area contributed by atoms with E-state index in [4.69, 9.17) is 4.74 Å². The number of carbonyl (C=O) groups is 3. The van der Waals surface area contributed by atoms with Crippen LogP contribution in [0.25, 0.3) is 0 Å². The SMILES string of the molecule is C[C@@H]1[C@@H](NC(=O)OC(C)(C)C)CN1c1cc(F)c(N2CCC(=O)NC2=O)c(F)c1. The summed E-state index contributed by atoms with van der Waals surface area (Å²) in [7, 11) is 0. The number of hydrogen-bond acceptors (Lipinski definition) is 5. The number of imide groups is 1. The van der Waals surface area contributed by atoms with Crippen molar-refractivity contribution in [1.29, 1.82) is 0 Å². The van der Waals surface area contributed by atoms with Gasteiger partial charge in [-0.1, -0.05) is 0 Å². The number of alkyl carbamates (subject to hydrolysis) is 1. The quantitative estimate of drug-likeness (QED) is 0.799. The summed E-state index contributed by atoms with van der Waals surface area (Å²) in [6.07, 6.45) is -0.583. The van der Waals surface area contributed by atoms with Gasteiger partial charge in [0.15, 0.2) is 11.6 Å². The molecule has 2 N–H and O–H groups in total. The largest absolute Gasteiger partial charge is 0.444 e. The van der Waals surface area contributed by atoms with Gasteiger partial charge < -0.3 is 15.0 Å². The number of carbonyl (C=O) groups excluding carboxylic acids is 3. The maximum atomic E-state index is 14.6. The average Bonchev–Trinajstić information content (AvgIpc) is 2.57. The first-order valence-corrected chi connectivity index (χ1v) is 9.33. The number of anilines is 2. The van der Waals surface area contributed by atoms with Gasteiger partial charge in [0.05, 0.1) is 6.04 Å². The minimum atomic E-state index is -0.903. The van der Waals surface area contributed by atoms with Gasteiger partial charge in [-0.15, -0.1) is 0 Å². The summed E-state index contributed by atoms with van der Waals surface area (Å²) in [6, 6.07) is 0.994. The molecule has 0 unspecified atom stereocenters. The molecule has 3 rings (SSSR count). The zero-order chi connectivity index (χ0) is 21.5. The molecule has 2 fully saturated rings. The van der Waals surface area contributed by atoms with E-state index >= 15 is 0 Å². The van der Waals surface area contributed by atoms with Gasteiger partial charge >= 0.3 is 12.1 Å². The van der Waals surface area contributed by atoms with Crippen LogP contribution in [0.15, 0.2) is 12.1 Å². The number of benzene rings is 1. The van der Waals surface area contributed by atoms with Crippen molar-refractivity contribution in [2.75, 3.05) is 22.9 Å². The molecular weight excluding hydrogens is 386 g/mol. The van der Waals surface area contributed by atoms with Crippen LogP contribution in [0, 0.1) is 11.6 Å². The number of hydrogen-bond donors (Lipinski definition) is 2. The normalized spacial score (nSPS) is 22.1. The highest BCUT2D eigenvalue weighted by molar-refractivity contribution is 6.05. The number of amides is 4. The summed E-state index contributed by atoms with van der Waals surface area (Å²) in [6.45, 7) is 7.36. The predicted molar refractivity (Wildman–Crippen MR) is 102 cm³/mol. The standard InChI is InChI=1S/C19H24F2N4O4/c1-10-14(22-18(28)29-19(2,3)4)9-25(10)11-7-12(20)16(13(21)8-11)24-6-5-15(26)23-17(24)27/h7-8,10,14H,5-6,9H2,1-4H3,(H,22,28)(H,23,26,27)/t10-,14+/m1/s1. The molecule has 8 nitrogen and oxygen atoms in total. The molecular formula is C19H24F2N4O4. The van der Waals surface area contributed by atoms with E-state index in [1.54, 1.807) is 25.7 Å². The highest BCUT2D eigenvalue weighted by atomic mass is 19.1. The van der Waals surface area contributed by atoms with Crippen molar-refractivity contribution >= 4 is 29.4 Å². The first-order valence-electron chi connectivity index (χ1n) is 9.33. The topological polar surface area (TPSA) is 91.0 Å². The molecule has 1 aromatic carbocycles. The molecule has 1 aromatic rings. The Balaban J connectivity index is 1.69. The lowest BCUT2D eigenvalue weighted by atomic mass is 9.97. The van der Waals surface area contributed by atoms with Crippen LogP contribution in [0.5, 0.6) is 0 Å². The van der Waals surface area contributed by atoms with Gasteiger partial charge in [0.2, 0.25) is 5.91 Å². The zero-order valence-electron chi connectivity index (χ0n) is 16.7. The zero-order valence-corrected chi connectivity index (χ0v) is 16.7. The summed E-state index contributed by atoms with van der Waals surface area (Å²) >= 11 is 0. The fourth-order valence-corrected chi connectivity index (χ4v) is 3.33. The van der Waals surface area contributed by atoms with E-state index in [1.165, 1.54) is 0 Å². The van der Waals surface area contributed by atoms with Gasteiger partial charge in [-0.2, -0.15) is 0 Å². The van der Waals surface area contributed by atoms with Gasteiger partial charge in [-0.25, -0.2) is 18.4 Å². The Morgan fingerprint density at radius 1 is 1.24 bits per heavy atom. The van der Waals surface area contributed by atoms with E-state index in [0.29, 0.717) is 12.2 Å². The molecule has 0 aliphatic carbocycles. The number of ether oxygens (including phenoxy) is 1. The first kappa shape index (κ1) is 20.8. The van der Waals surface area contributed by atoms with Crippen LogP contribution in [0.1, 0.15) is 34.1 Å². The first-order chi connectivity index (χ1) is 13.5. The number of halogens is 2. The van der Waals surface area contributed by atoms with E-state index in [0.717, 1.165) is 17.0 Å². The van der Waals surface area contributed by atoms with Crippen LogP contribution < -0.4 is 20.4 Å². The summed E-state index contributed by atoms with van der Waals surface area (Å²) in [5, 5.41) is 4.78. The Kier molecular flexibility index (Phi) is 5.38. The number of urea groups is 1. The summed E-state index contributed by atoms with van der Waals surface area (Å²) in [4.78, 5) is 37.6. The lowest BCUT2D eigenvalue weighted by Gasteiger charge is -2.48. The number of rotatable bonds is 3. The molecule has 0 bridgehead atoms. The lowest BCUT2D eigenvalue weighted by Crippen LogP contribution is -2.66. The van der Waals surface area contributed by atoms with Crippen LogP contribution >= 0.6 is 0 Å². The molecule has 4 amide bonds. The molecule has 2 heterocycles. The fraction of sp³-hybridized carbons (Fsp3) is 0.526. The van der Waals surface area contributed by atoms with Crippen molar-refractivity contribution in [1.82, 2.24) is 10.6 Å². The van der Waals surface area contributed by atoms with Crippen LogP contribution in [0.2, 0.25) is 0 Å². The number of nitrogens with zero attached hydrogens (tertiary/aromatic N) is 2. The lowest BCUT2D eigenvalue weighted by molar-refractivity contribution is -0.120. The van der Waals surface area contributed by atoms with E-state index in [-0.39, 0.29) is 25.0 Å². The summed E-state index contributed by atoms with van der Waals surface area (Å²) < 4.78 is 34.5. The molecule has 0 aromatic heterocycles. The molecule has 10 heteroatoms. The molecule has 0 radical (unpaired) electrons. The minimum absolute atomic E-state index is 0.0342. The van der Waals surface area contributed by atoms with Gasteiger partial charge in [0.25, 0.3) is 0 Å². The van der Waals surface area contributed by atoms with E-state index in [9.17, 15) is 23.2 Å². The van der Waals surface area contributed by atoms with Crippen molar-refractivity contribution in [2.45, 2.75) is 51.8 Å². The summed E-state index contributed by atoms with van der Waals surface area (Å²) in [5.41, 5.74) is -0.813. The maximum absolute atomic E-state index is 14.6. The van der Waals surface area contributed by atoms with E-state index < -0.39 is 41.0 Å². The summed E-state index contributed by atoms with van der Waals surface area (Å²) in [5.74, 6) is -2.29. The van der Waals surface area contributed by atoms with Crippen molar-refractivity contribution in [3.63, 3.8) is 0 Å². The molecule has 0 saturated carbocycles. The number of nitrogens with one attached hydrogen (secondary N) is 2. The Hall–Kier alpha value is -2.91. The Morgan fingerprint density at radius 3 is 2.38 bits per heavy atom. The molecule has 2 saturated heterocycles.